The average molecular weight is 354 g/mol. The fraction of sp³-hybridized carbons (Fsp3) is 0.0625. The third kappa shape index (κ3) is 3.60. The maximum atomic E-state index is 12.1. The average Bonchev–Trinajstić information content (AvgIpc) is 2.93. The van der Waals surface area contributed by atoms with Crippen LogP contribution in [0.15, 0.2) is 48.5 Å². The first-order chi connectivity index (χ1) is 11.3. The van der Waals surface area contributed by atoms with E-state index in [0.717, 1.165) is 23.5 Å². The van der Waals surface area contributed by atoms with Crippen molar-refractivity contribution in [1.82, 2.24) is 0 Å². The summed E-state index contributed by atoms with van der Waals surface area (Å²) in [6.45, 7) is 0. The molecule has 0 aliphatic rings. The quantitative estimate of drug-likeness (QED) is 0.692. The molecule has 8 heteroatoms. The standard InChI is InChI=1S/C16H9F3O4S/c17-16(18,19)23-11-6-4-10(5-7-11)22-12-3-1-2-9-8-13(15(20)21)24-14(9)12/h1-8H,(H,20,21). The highest BCUT2D eigenvalue weighted by Crippen LogP contribution is 2.36. The van der Waals surface area contributed by atoms with Gasteiger partial charge in [0.25, 0.3) is 0 Å². The summed E-state index contributed by atoms with van der Waals surface area (Å²) in [5, 5.41) is 9.77. The van der Waals surface area contributed by atoms with Crippen LogP contribution in [0.1, 0.15) is 9.67 Å². The molecule has 0 unspecified atom stereocenters. The minimum atomic E-state index is -4.75. The number of thiophene rings is 1. The molecule has 0 aliphatic carbocycles. The second-order valence-corrected chi connectivity index (χ2v) is 5.76. The number of aromatic carboxylic acids is 1. The monoisotopic (exact) mass is 354 g/mol. The van der Waals surface area contributed by atoms with Crippen molar-refractivity contribution in [2.24, 2.45) is 0 Å². The number of ether oxygens (including phenoxy) is 2. The summed E-state index contributed by atoms with van der Waals surface area (Å²) in [6.07, 6.45) is -4.75. The Morgan fingerprint density at radius 2 is 1.71 bits per heavy atom. The van der Waals surface area contributed by atoms with Crippen molar-refractivity contribution in [1.29, 1.82) is 0 Å². The van der Waals surface area contributed by atoms with Gasteiger partial charge >= 0.3 is 12.3 Å². The van der Waals surface area contributed by atoms with E-state index < -0.39 is 12.3 Å². The lowest BCUT2D eigenvalue weighted by molar-refractivity contribution is -0.274. The molecule has 0 bridgehead atoms. The first-order valence-electron chi connectivity index (χ1n) is 6.61. The van der Waals surface area contributed by atoms with Crippen LogP contribution >= 0.6 is 11.3 Å². The highest BCUT2D eigenvalue weighted by atomic mass is 32.1. The minimum Gasteiger partial charge on any atom is -0.477 e. The zero-order chi connectivity index (χ0) is 17.3. The van der Waals surface area contributed by atoms with Crippen LogP contribution in [0.2, 0.25) is 0 Å². The summed E-state index contributed by atoms with van der Waals surface area (Å²) < 4.78 is 46.5. The summed E-state index contributed by atoms with van der Waals surface area (Å²) in [5.74, 6) is -0.648. The predicted molar refractivity (Wildman–Crippen MR) is 82.0 cm³/mol. The van der Waals surface area contributed by atoms with Crippen LogP contribution in [0.4, 0.5) is 13.2 Å². The lowest BCUT2D eigenvalue weighted by Crippen LogP contribution is -2.16. The van der Waals surface area contributed by atoms with Crippen molar-refractivity contribution in [2.45, 2.75) is 6.36 Å². The number of carboxylic acids is 1. The maximum absolute atomic E-state index is 12.1. The van der Waals surface area contributed by atoms with Gasteiger partial charge in [-0.1, -0.05) is 12.1 Å². The van der Waals surface area contributed by atoms with E-state index in [9.17, 15) is 18.0 Å². The van der Waals surface area contributed by atoms with Gasteiger partial charge in [-0.05, 0) is 41.8 Å². The summed E-state index contributed by atoms with van der Waals surface area (Å²) in [7, 11) is 0. The zero-order valence-electron chi connectivity index (χ0n) is 11.8. The van der Waals surface area contributed by atoms with Crippen LogP contribution in [0.5, 0.6) is 17.2 Å². The first kappa shape index (κ1) is 16.1. The molecule has 2 aromatic carbocycles. The second-order valence-electron chi connectivity index (χ2n) is 4.71. The van der Waals surface area contributed by atoms with Crippen LogP contribution in [-0.2, 0) is 0 Å². The van der Waals surface area contributed by atoms with Crippen molar-refractivity contribution in [2.75, 3.05) is 0 Å². The fourth-order valence-electron chi connectivity index (χ4n) is 2.06. The van der Waals surface area contributed by atoms with Gasteiger partial charge in [0.1, 0.15) is 22.1 Å². The van der Waals surface area contributed by atoms with E-state index in [1.165, 1.54) is 18.2 Å². The van der Waals surface area contributed by atoms with Crippen LogP contribution in [0, 0.1) is 0 Å². The van der Waals surface area contributed by atoms with Crippen molar-refractivity contribution >= 4 is 27.4 Å². The van der Waals surface area contributed by atoms with E-state index in [2.05, 4.69) is 4.74 Å². The summed E-state index contributed by atoms with van der Waals surface area (Å²) in [4.78, 5) is 11.2. The predicted octanol–water partition coefficient (Wildman–Crippen LogP) is 5.29. The number of halogens is 3. The summed E-state index contributed by atoms with van der Waals surface area (Å²) in [6, 6.07) is 11.6. The molecule has 1 aromatic heterocycles. The van der Waals surface area contributed by atoms with Crippen LogP contribution < -0.4 is 9.47 Å². The van der Waals surface area contributed by atoms with Crippen LogP contribution in [0.25, 0.3) is 10.1 Å². The normalized spacial score (nSPS) is 11.5. The van der Waals surface area contributed by atoms with Gasteiger partial charge in [-0.15, -0.1) is 24.5 Å². The highest BCUT2D eigenvalue weighted by Gasteiger charge is 2.31. The smallest absolute Gasteiger partial charge is 0.477 e. The zero-order valence-corrected chi connectivity index (χ0v) is 12.6. The molecule has 0 radical (unpaired) electrons. The molecule has 1 N–H and O–H groups in total. The molecule has 0 aliphatic heterocycles. The Labute approximate surface area is 137 Å². The first-order valence-corrected chi connectivity index (χ1v) is 7.43. The number of hydrogen-bond acceptors (Lipinski definition) is 4. The molecule has 124 valence electrons. The molecule has 3 rings (SSSR count). The number of fused-ring (bicyclic) bond motifs is 1. The Kier molecular flexibility index (Phi) is 4.06. The summed E-state index contributed by atoms with van der Waals surface area (Å²) in [5.41, 5.74) is 0. The lowest BCUT2D eigenvalue weighted by atomic mass is 10.2. The molecule has 0 saturated carbocycles. The number of rotatable bonds is 4. The molecular formula is C16H9F3O4S. The van der Waals surface area contributed by atoms with Gasteiger partial charge in [-0.25, -0.2) is 4.79 Å². The Balaban J connectivity index is 1.86. The Hall–Kier alpha value is -2.74. The van der Waals surface area contributed by atoms with E-state index >= 15 is 0 Å². The maximum Gasteiger partial charge on any atom is 0.573 e. The van der Waals surface area contributed by atoms with E-state index in [1.54, 1.807) is 18.2 Å². The SMILES string of the molecule is O=C(O)c1cc2cccc(Oc3ccc(OC(F)(F)F)cc3)c2s1. The van der Waals surface area contributed by atoms with Gasteiger partial charge in [-0.2, -0.15) is 0 Å². The Bertz CT molecular complexity index is 884. The van der Waals surface area contributed by atoms with E-state index in [4.69, 9.17) is 9.84 Å². The van der Waals surface area contributed by atoms with Crippen molar-refractivity contribution in [3.63, 3.8) is 0 Å². The molecule has 4 nitrogen and oxygen atoms in total. The Morgan fingerprint density at radius 1 is 1.04 bits per heavy atom. The molecule has 0 spiro atoms. The third-order valence-electron chi connectivity index (χ3n) is 3.00. The van der Waals surface area contributed by atoms with Gasteiger partial charge in [-0.3, -0.25) is 0 Å². The number of carboxylic acid groups (broad SMARTS) is 1. The molecule has 0 atom stereocenters. The topological polar surface area (TPSA) is 55.8 Å². The number of benzene rings is 2. The fourth-order valence-corrected chi connectivity index (χ4v) is 3.01. The van der Waals surface area contributed by atoms with E-state index in [1.807, 2.05) is 0 Å². The van der Waals surface area contributed by atoms with E-state index in [0.29, 0.717) is 21.6 Å². The lowest BCUT2D eigenvalue weighted by Gasteiger charge is -2.10. The largest absolute Gasteiger partial charge is 0.573 e. The second kappa shape index (κ2) is 6.04. The molecule has 3 aromatic rings. The van der Waals surface area contributed by atoms with Gasteiger partial charge in [0.05, 0.1) is 4.70 Å². The van der Waals surface area contributed by atoms with Crippen LogP contribution in [0.3, 0.4) is 0 Å². The highest BCUT2D eigenvalue weighted by molar-refractivity contribution is 7.21. The van der Waals surface area contributed by atoms with Gasteiger partial charge in [0.15, 0.2) is 0 Å². The molecule has 24 heavy (non-hydrogen) atoms. The van der Waals surface area contributed by atoms with Gasteiger partial charge < -0.3 is 14.6 Å². The summed E-state index contributed by atoms with van der Waals surface area (Å²) >= 11 is 1.06. The third-order valence-corrected chi connectivity index (χ3v) is 4.16. The molecular weight excluding hydrogens is 345 g/mol. The van der Waals surface area contributed by atoms with Gasteiger partial charge in [0, 0.05) is 0 Å². The molecule has 0 saturated heterocycles. The van der Waals surface area contributed by atoms with Crippen molar-refractivity contribution in [3.8, 4) is 17.2 Å². The number of alkyl halides is 3. The van der Waals surface area contributed by atoms with Crippen molar-refractivity contribution in [3.05, 3.63) is 53.4 Å². The molecule has 1 heterocycles. The minimum absolute atomic E-state index is 0.176. The number of carbonyl (C=O) groups is 1. The van der Waals surface area contributed by atoms with Gasteiger partial charge in [0.2, 0.25) is 0 Å². The Morgan fingerprint density at radius 3 is 2.33 bits per heavy atom. The van der Waals surface area contributed by atoms with Crippen molar-refractivity contribution < 1.29 is 32.5 Å². The molecule has 0 fully saturated rings. The van der Waals surface area contributed by atoms with Crippen LogP contribution in [-0.4, -0.2) is 17.4 Å². The number of hydrogen-bond donors (Lipinski definition) is 1. The van der Waals surface area contributed by atoms with E-state index in [-0.39, 0.29) is 10.6 Å². The molecule has 0 amide bonds.